The zero-order chi connectivity index (χ0) is 12.3. The average Bonchev–Trinajstić information content (AvgIpc) is 2.18. The molecule has 0 aliphatic carbocycles. The summed E-state index contributed by atoms with van der Waals surface area (Å²) in [5, 5.41) is 9.50. The first-order valence-corrected chi connectivity index (χ1v) is 5.48. The van der Waals surface area contributed by atoms with Gasteiger partial charge in [-0.2, -0.15) is 0 Å². The molecule has 0 saturated heterocycles. The molecule has 1 N–H and O–H groups in total. The lowest BCUT2D eigenvalue weighted by Gasteiger charge is -2.16. The smallest absolute Gasteiger partial charge is 0.310 e. The molecule has 0 heterocycles. The van der Waals surface area contributed by atoms with E-state index in [0.29, 0.717) is 16.3 Å². The molecule has 4 heteroatoms. The molecular weight excluding hydrogens is 228 g/mol. The van der Waals surface area contributed by atoms with Crippen LogP contribution in [0.5, 0.6) is 5.75 Å². The number of halogens is 1. The molecule has 0 aliphatic heterocycles. The monoisotopic (exact) mass is 242 g/mol. The first-order valence-electron chi connectivity index (χ1n) is 5.10. The van der Waals surface area contributed by atoms with Gasteiger partial charge in [0, 0.05) is 10.6 Å². The molecule has 1 aromatic carbocycles. The predicted molar refractivity (Wildman–Crippen MR) is 63.3 cm³/mol. The Morgan fingerprint density at radius 1 is 1.38 bits per heavy atom. The maximum absolute atomic E-state index is 11.0. The Morgan fingerprint density at radius 3 is 2.50 bits per heavy atom. The van der Waals surface area contributed by atoms with Crippen molar-refractivity contribution >= 4 is 17.6 Å². The molecule has 0 bridgehead atoms. The summed E-state index contributed by atoms with van der Waals surface area (Å²) in [6, 6.07) is 5.03. The van der Waals surface area contributed by atoms with E-state index in [1.807, 2.05) is 13.8 Å². The second-order valence-electron chi connectivity index (χ2n) is 3.91. The van der Waals surface area contributed by atoms with Crippen LogP contribution in [0.15, 0.2) is 18.2 Å². The van der Waals surface area contributed by atoms with Crippen molar-refractivity contribution in [2.75, 3.05) is 0 Å². The van der Waals surface area contributed by atoms with Gasteiger partial charge in [-0.05, 0) is 39.0 Å². The van der Waals surface area contributed by atoms with Crippen LogP contribution < -0.4 is 4.74 Å². The van der Waals surface area contributed by atoms with Gasteiger partial charge in [0.05, 0.1) is 12.0 Å². The minimum Gasteiger partial charge on any atom is -0.491 e. The molecule has 0 fully saturated rings. The Kier molecular flexibility index (Phi) is 4.19. The van der Waals surface area contributed by atoms with E-state index in [1.165, 1.54) is 0 Å². The highest BCUT2D eigenvalue weighted by molar-refractivity contribution is 6.30. The summed E-state index contributed by atoms with van der Waals surface area (Å²) >= 11 is 5.85. The summed E-state index contributed by atoms with van der Waals surface area (Å²) in [5.74, 6) is -0.947. The van der Waals surface area contributed by atoms with E-state index in [4.69, 9.17) is 21.4 Å². The van der Waals surface area contributed by atoms with Crippen molar-refractivity contribution in [1.82, 2.24) is 0 Å². The van der Waals surface area contributed by atoms with Gasteiger partial charge in [-0.25, -0.2) is 0 Å². The van der Waals surface area contributed by atoms with Crippen molar-refractivity contribution in [3.63, 3.8) is 0 Å². The first-order chi connectivity index (χ1) is 7.41. The molecule has 0 spiro atoms. The number of carbonyl (C=O) groups is 1. The second kappa shape index (κ2) is 5.21. The molecule has 0 aliphatic rings. The number of hydrogen-bond donors (Lipinski definition) is 1. The van der Waals surface area contributed by atoms with E-state index < -0.39 is 11.9 Å². The van der Waals surface area contributed by atoms with Crippen LogP contribution in [0.3, 0.4) is 0 Å². The van der Waals surface area contributed by atoms with Crippen molar-refractivity contribution in [1.29, 1.82) is 0 Å². The predicted octanol–water partition coefficient (Wildman–Crippen LogP) is 3.32. The summed E-state index contributed by atoms with van der Waals surface area (Å²) in [5.41, 5.74) is 0.605. The Labute approximate surface area is 100.0 Å². The van der Waals surface area contributed by atoms with Crippen molar-refractivity contribution in [2.45, 2.75) is 32.8 Å². The van der Waals surface area contributed by atoms with E-state index in [2.05, 4.69) is 0 Å². The molecule has 3 nitrogen and oxygen atoms in total. The molecule has 1 unspecified atom stereocenters. The van der Waals surface area contributed by atoms with Gasteiger partial charge >= 0.3 is 5.97 Å². The number of ether oxygens (including phenoxy) is 1. The maximum atomic E-state index is 11.0. The topological polar surface area (TPSA) is 46.5 Å². The molecule has 88 valence electrons. The number of benzene rings is 1. The second-order valence-corrected chi connectivity index (χ2v) is 4.35. The first kappa shape index (κ1) is 12.8. The molecule has 0 aromatic heterocycles. The third kappa shape index (κ3) is 3.14. The minimum atomic E-state index is -0.893. The molecule has 0 radical (unpaired) electrons. The molecule has 1 rings (SSSR count). The van der Waals surface area contributed by atoms with Crippen LogP contribution in [0.2, 0.25) is 5.02 Å². The third-order valence-electron chi connectivity index (χ3n) is 2.17. The molecule has 1 atom stereocenters. The number of carboxylic acid groups (broad SMARTS) is 1. The van der Waals surface area contributed by atoms with Crippen molar-refractivity contribution < 1.29 is 14.6 Å². The lowest BCUT2D eigenvalue weighted by Crippen LogP contribution is -2.12. The number of rotatable bonds is 4. The van der Waals surface area contributed by atoms with Crippen LogP contribution in [0, 0.1) is 0 Å². The van der Waals surface area contributed by atoms with Gasteiger partial charge in [0.15, 0.2) is 0 Å². The largest absolute Gasteiger partial charge is 0.491 e. The summed E-state index contributed by atoms with van der Waals surface area (Å²) < 4.78 is 5.55. The fraction of sp³-hybridized carbons (Fsp3) is 0.417. The normalized spacial score (nSPS) is 12.6. The molecule has 0 amide bonds. The Hall–Kier alpha value is -1.22. The highest BCUT2D eigenvalue weighted by Crippen LogP contribution is 2.30. The van der Waals surface area contributed by atoms with Gasteiger partial charge in [0.2, 0.25) is 0 Å². The third-order valence-corrected chi connectivity index (χ3v) is 2.41. The zero-order valence-electron chi connectivity index (χ0n) is 9.53. The average molecular weight is 243 g/mol. The van der Waals surface area contributed by atoms with Crippen LogP contribution in [0.1, 0.15) is 32.3 Å². The van der Waals surface area contributed by atoms with Gasteiger partial charge in [-0.15, -0.1) is 0 Å². The Bertz CT molecular complexity index is 388. The number of carboxylic acids is 1. The van der Waals surface area contributed by atoms with E-state index >= 15 is 0 Å². The van der Waals surface area contributed by atoms with Crippen molar-refractivity contribution in [3.05, 3.63) is 28.8 Å². The lowest BCUT2D eigenvalue weighted by molar-refractivity contribution is -0.138. The fourth-order valence-electron chi connectivity index (χ4n) is 1.35. The SMILES string of the molecule is CC(C)Oc1ccc(Cl)cc1C(C)C(=O)O. The van der Waals surface area contributed by atoms with Crippen LogP contribution in [-0.4, -0.2) is 17.2 Å². The standard InChI is InChI=1S/C12H15ClO3/c1-7(2)16-11-5-4-9(13)6-10(11)8(3)12(14)15/h4-8H,1-3H3,(H,14,15). The number of aliphatic carboxylic acids is 1. The van der Waals surface area contributed by atoms with Crippen molar-refractivity contribution in [2.24, 2.45) is 0 Å². The van der Waals surface area contributed by atoms with E-state index in [9.17, 15) is 4.79 Å². The van der Waals surface area contributed by atoms with Crippen molar-refractivity contribution in [3.8, 4) is 5.75 Å². The molecule has 0 saturated carbocycles. The van der Waals surface area contributed by atoms with E-state index in [0.717, 1.165) is 0 Å². The van der Waals surface area contributed by atoms with E-state index in [-0.39, 0.29) is 6.10 Å². The zero-order valence-corrected chi connectivity index (χ0v) is 10.3. The van der Waals surface area contributed by atoms with E-state index in [1.54, 1.807) is 25.1 Å². The van der Waals surface area contributed by atoms with Crippen LogP contribution in [0.4, 0.5) is 0 Å². The summed E-state index contributed by atoms with van der Waals surface area (Å²) in [4.78, 5) is 11.0. The molecule has 1 aromatic rings. The minimum absolute atomic E-state index is 0.000852. The highest BCUT2D eigenvalue weighted by Gasteiger charge is 2.19. The number of hydrogen-bond acceptors (Lipinski definition) is 2. The van der Waals surface area contributed by atoms with Crippen LogP contribution in [0.25, 0.3) is 0 Å². The lowest BCUT2D eigenvalue weighted by atomic mass is 10.0. The van der Waals surface area contributed by atoms with Crippen LogP contribution in [-0.2, 0) is 4.79 Å². The summed E-state index contributed by atoms with van der Waals surface area (Å²) in [6.45, 7) is 5.40. The van der Waals surface area contributed by atoms with Gasteiger partial charge in [0.1, 0.15) is 5.75 Å². The maximum Gasteiger partial charge on any atom is 0.310 e. The molecular formula is C12H15ClO3. The fourth-order valence-corrected chi connectivity index (χ4v) is 1.53. The Morgan fingerprint density at radius 2 is 2.00 bits per heavy atom. The van der Waals surface area contributed by atoms with Gasteiger partial charge in [-0.3, -0.25) is 4.79 Å². The van der Waals surface area contributed by atoms with Crippen LogP contribution >= 0.6 is 11.6 Å². The summed E-state index contributed by atoms with van der Waals surface area (Å²) in [6.07, 6.45) is 0.000852. The highest BCUT2D eigenvalue weighted by atomic mass is 35.5. The van der Waals surface area contributed by atoms with Gasteiger partial charge < -0.3 is 9.84 Å². The van der Waals surface area contributed by atoms with Gasteiger partial charge in [0.25, 0.3) is 0 Å². The van der Waals surface area contributed by atoms with Gasteiger partial charge in [-0.1, -0.05) is 11.6 Å². The quantitative estimate of drug-likeness (QED) is 0.881. The Balaban J connectivity index is 3.12. The molecule has 16 heavy (non-hydrogen) atoms. The summed E-state index contributed by atoms with van der Waals surface area (Å²) in [7, 11) is 0.